The van der Waals surface area contributed by atoms with Crippen molar-refractivity contribution in [1.82, 2.24) is 9.94 Å². The second-order valence-corrected chi connectivity index (χ2v) is 4.13. The van der Waals surface area contributed by atoms with E-state index in [1.165, 1.54) is 12.3 Å². The second-order valence-electron chi connectivity index (χ2n) is 3.27. The summed E-state index contributed by atoms with van der Waals surface area (Å²) in [7, 11) is 0. The lowest BCUT2D eigenvalue weighted by Gasteiger charge is -2.08. The van der Waals surface area contributed by atoms with Crippen molar-refractivity contribution in [3.8, 4) is 17.9 Å². The van der Waals surface area contributed by atoms with E-state index in [-0.39, 0.29) is 12.5 Å². The highest BCUT2D eigenvalue weighted by Crippen LogP contribution is 2.27. The first-order valence-corrected chi connectivity index (χ1v) is 5.71. The minimum absolute atomic E-state index is 0.162. The molecule has 18 heavy (non-hydrogen) atoms. The third-order valence-corrected chi connectivity index (χ3v) is 2.89. The molecule has 0 aliphatic heterocycles. The Morgan fingerprint density at radius 2 is 2.28 bits per heavy atom. The first-order valence-electron chi connectivity index (χ1n) is 4.92. The van der Waals surface area contributed by atoms with E-state index < -0.39 is 0 Å². The summed E-state index contributed by atoms with van der Waals surface area (Å²) >= 11 is 3.35. The summed E-state index contributed by atoms with van der Waals surface area (Å²) in [6.45, 7) is 0.162. The fourth-order valence-corrected chi connectivity index (χ4v) is 1.81. The highest BCUT2D eigenvalue weighted by atomic mass is 79.9. The van der Waals surface area contributed by atoms with Crippen molar-refractivity contribution in [2.45, 2.75) is 6.61 Å². The molecule has 1 heterocycles. The molecule has 2 aromatic rings. The van der Waals surface area contributed by atoms with E-state index in [1.54, 1.807) is 18.4 Å². The van der Waals surface area contributed by atoms with Gasteiger partial charge in [-0.05, 0) is 12.1 Å². The summed E-state index contributed by atoms with van der Waals surface area (Å²) < 4.78 is 11.0. The predicted octanol–water partition coefficient (Wildman–Crippen LogP) is 2.32. The average Bonchev–Trinajstić information content (AvgIpc) is 2.75. The van der Waals surface area contributed by atoms with Crippen LogP contribution in [0.15, 0.2) is 34.9 Å². The highest BCUT2D eigenvalue weighted by Gasteiger charge is 2.10. The zero-order valence-electron chi connectivity index (χ0n) is 9.08. The molecule has 0 fully saturated rings. The van der Waals surface area contributed by atoms with E-state index in [9.17, 15) is 0 Å². The van der Waals surface area contributed by atoms with Crippen LogP contribution in [0, 0.1) is 11.5 Å². The number of nitriles is 1. The van der Waals surface area contributed by atoms with Crippen LogP contribution in [0.4, 0.5) is 0 Å². The number of hydrogen-bond donors (Lipinski definition) is 1. The van der Waals surface area contributed by atoms with Crippen molar-refractivity contribution >= 4 is 15.9 Å². The number of ether oxygens (including phenoxy) is 2. The van der Waals surface area contributed by atoms with Gasteiger partial charge in [0.05, 0.1) is 6.20 Å². The molecule has 0 bridgehead atoms. The van der Waals surface area contributed by atoms with E-state index >= 15 is 0 Å². The molecule has 6 nitrogen and oxygen atoms in total. The van der Waals surface area contributed by atoms with E-state index in [0.717, 1.165) is 4.47 Å². The van der Waals surface area contributed by atoms with Gasteiger partial charge in [0.2, 0.25) is 5.88 Å². The molecule has 1 aromatic heterocycles. The van der Waals surface area contributed by atoms with Crippen molar-refractivity contribution in [2.24, 2.45) is 0 Å². The van der Waals surface area contributed by atoms with Crippen LogP contribution in [0.25, 0.3) is 0 Å². The average molecular weight is 310 g/mol. The topological polar surface area (TPSA) is 80.3 Å². The molecule has 0 aliphatic rings. The maximum absolute atomic E-state index is 8.99. The monoisotopic (exact) mass is 309 g/mol. The van der Waals surface area contributed by atoms with Gasteiger partial charge in [-0.25, -0.2) is 0 Å². The van der Waals surface area contributed by atoms with Gasteiger partial charge in [0.15, 0.2) is 0 Å². The van der Waals surface area contributed by atoms with E-state index in [2.05, 4.69) is 21.0 Å². The van der Waals surface area contributed by atoms with Crippen molar-refractivity contribution in [1.29, 1.82) is 5.26 Å². The molecule has 1 N–H and O–H groups in total. The van der Waals surface area contributed by atoms with Gasteiger partial charge in [-0.15, -0.1) is 10.1 Å². The van der Waals surface area contributed by atoms with Gasteiger partial charge in [0.25, 0.3) is 6.26 Å². The fraction of sp³-hybridized carbons (Fsp3) is 0.0909. The number of benzene rings is 1. The zero-order valence-corrected chi connectivity index (χ0v) is 10.7. The maximum Gasteiger partial charge on any atom is 0.292 e. The van der Waals surface area contributed by atoms with Crippen LogP contribution < -0.4 is 9.47 Å². The van der Waals surface area contributed by atoms with Gasteiger partial charge in [-0.3, -0.25) is 0 Å². The molecule has 0 spiro atoms. The largest absolute Gasteiger partial charge is 0.471 e. The first kappa shape index (κ1) is 12.3. The van der Waals surface area contributed by atoms with E-state index in [0.29, 0.717) is 16.2 Å². The summed E-state index contributed by atoms with van der Waals surface area (Å²) in [5, 5.41) is 21.2. The van der Waals surface area contributed by atoms with E-state index in [4.69, 9.17) is 19.9 Å². The molecule has 0 amide bonds. The lowest BCUT2D eigenvalue weighted by Crippen LogP contribution is -2.00. The Morgan fingerprint density at radius 3 is 2.94 bits per heavy atom. The van der Waals surface area contributed by atoms with Crippen molar-refractivity contribution in [2.75, 3.05) is 0 Å². The van der Waals surface area contributed by atoms with Gasteiger partial charge >= 0.3 is 0 Å². The van der Waals surface area contributed by atoms with Crippen molar-refractivity contribution in [3.05, 3.63) is 40.5 Å². The van der Waals surface area contributed by atoms with Gasteiger partial charge in [-0.2, -0.15) is 0 Å². The molecule has 0 radical (unpaired) electrons. The Kier molecular flexibility index (Phi) is 3.69. The van der Waals surface area contributed by atoms with Crippen LogP contribution in [0.1, 0.15) is 5.56 Å². The van der Waals surface area contributed by atoms with Crippen molar-refractivity contribution < 1.29 is 14.7 Å². The SMILES string of the molecule is N#COc1cccc(Br)c1COc1ccn(O)n1. The smallest absolute Gasteiger partial charge is 0.292 e. The normalized spacial score (nSPS) is 9.78. The van der Waals surface area contributed by atoms with Crippen LogP contribution in [0.3, 0.4) is 0 Å². The molecule has 92 valence electrons. The third-order valence-electron chi connectivity index (χ3n) is 2.15. The summed E-state index contributed by atoms with van der Waals surface area (Å²) in [6, 6.07) is 6.75. The lowest BCUT2D eigenvalue weighted by atomic mass is 10.2. The van der Waals surface area contributed by atoms with Gasteiger partial charge in [0.1, 0.15) is 12.4 Å². The maximum atomic E-state index is 8.99. The fourth-order valence-electron chi connectivity index (χ4n) is 1.34. The van der Waals surface area contributed by atoms with E-state index in [1.807, 2.05) is 6.07 Å². The summed E-state index contributed by atoms with van der Waals surface area (Å²) in [5.41, 5.74) is 0.687. The Hall–Kier alpha value is -2.20. The Balaban J connectivity index is 2.15. The minimum Gasteiger partial charge on any atom is -0.471 e. The van der Waals surface area contributed by atoms with Crippen LogP contribution in [0.2, 0.25) is 0 Å². The molecule has 1 aromatic carbocycles. The number of rotatable bonds is 4. The third kappa shape index (κ3) is 2.73. The second kappa shape index (κ2) is 5.42. The van der Waals surface area contributed by atoms with Crippen LogP contribution in [0.5, 0.6) is 11.6 Å². The quantitative estimate of drug-likeness (QED) is 0.692. The number of nitrogens with zero attached hydrogens (tertiary/aromatic N) is 3. The van der Waals surface area contributed by atoms with Crippen LogP contribution in [-0.4, -0.2) is 15.2 Å². The molecular weight excluding hydrogens is 302 g/mol. The molecule has 0 unspecified atom stereocenters. The van der Waals surface area contributed by atoms with Gasteiger partial charge in [-0.1, -0.05) is 27.1 Å². The molecule has 0 saturated heterocycles. The molecular formula is C11H8BrN3O3. The van der Waals surface area contributed by atoms with Gasteiger partial charge in [0, 0.05) is 16.1 Å². The zero-order chi connectivity index (χ0) is 13.0. The molecule has 0 atom stereocenters. The molecule has 7 heteroatoms. The number of aromatic nitrogens is 2. The lowest BCUT2D eigenvalue weighted by molar-refractivity contribution is 0.141. The standard InChI is InChI=1S/C11H8BrN3O3/c12-9-2-1-3-10(18-7-13)8(9)6-17-11-4-5-15(16)14-11/h1-5,16H,6H2. The molecule has 0 aliphatic carbocycles. The predicted molar refractivity (Wildman–Crippen MR) is 64.1 cm³/mol. The first-order chi connectivity index (χ1) is 8.70. The highest BCUT2D eigenvalue weighted by molar-refractivity contribution is 9.10. The molecule has 2 rings (SSSR count). The van der Waals surface area contributed by atoms with Crippen LogP contribution >= 0.6 is 15.9 Å². The molecule has 0 saturated carbocycles. The summed E-state index contributed by atoms with van der Waals surface area (Å²) in [6.07, 6.45) is 2.97. The summed E-state index contributed by atoms with van der Waals surface area (Å²) in [4.78, 5) is 0.655. The van der Waals surface area contributed by atoms with Crippen molar-refractivity contribution in [3.63, 3.8) is 0 Å². The summed E-state index contributed by atoms with van der Waals surface area (Å²) in [5.74, 6) is 0.687. The van der Waals surface area contributed by atoms with Crippen LogP contribution in [-0.2, 0) is 6.61 Å². The Morgan fingerprint density at radius 1 is 1.44 bits per heavy atom. The number of hydrogen-bond acceptors (Lipinski definition) is 5. The minimum atomic E-state index is 0.162. The Labute approximate surface area is 111 Å². The number of halogens is 1. The Bertz CT molecular complexity index is 591. The van der Waals surface area contributed by atoms with Gasteiger partial charge < -0.3 is 14.7 Å².